The summed E-state index contributed by atoms with van der Waals surface area (Å²) in [4.78, 5) is 33.0. The van der Waals surface area contributed by atoms with Crippen LogP contribution in [0.1, 0.15) is 24.1 Å². The van der Waals surface area contributed by atoms with Crippen molar-refractivity contribution in [2.75, 3.05) is 32.8 Å². The number of aromatic nitrogens is 1. The number of anilines is 1. The lowest BCUT2D eigenvalue weighted by Crippen LogP contribution is -2.29. The molecule has 0 saturated carbocycles. The molecule has 1 aliphatic rings. The summed E-state index contributed by atoms with van der Waals surface area (Å²) in [5.41, 5.74) is 0.974. The van der Waals surface area contributed by atoms with E-state index >= 15 is 0 Å². The van der Waals surface area contributed by atoms with Crippen molar-refractivity contribution >= 4 is 44.1 Å². The SMILES string of the molecule is CCOc1ccc2nc(N3C(=O)C(=O)C(=C(O)c4ccc(F)cc4)[C@@H]3c3cc(OC)c(OC)c(OC)c3)sc2c1. The van der Waals surface area contributed by atoms with Crippen LogP contribution in [0.25, 0.3) is 16.0 Å². The van der Waals surface area contributed by atoms with Gasteiger partial charge >= 0.3 is 5.91 Å². The zero-order valence-electron chi connectivity index (χ0n) is 22.1. The number of amides is 1. The minimum Gasteiger partial charge on any atom is -0.507 e. The van der Waals surface area contributed by atoms with Crippen molar-refractivity contribution in [1.82, 2.24) is 4.98 Å². The molecule has 3 aromatic carbocycles. The molecule has 1 aromatic heterocycles. The highest BCUT2D eigenvalue weighted by Gasteiger charge is 2.48. The minimum absolute atomic E-state index is 0.169. The Balaban J connectivity index is 1.75. The summed E-state index contributed by atoms with van der Waals surface area (Å²) in [5, 5.41) is 11.6. The van der Waals surface area contributed by atoms with Gasteiger partial charge in [-0.15, -0.1) is 0 Å². The highest BCUT2D eigenvalue weighted by atomic mass is 32.1. The van der Waals surface area contributed by atoms with E-state index in [0.717, 1.165) is 16.8 Å². The molecule has 0 aliphatic carbocycles. The molecule has 2 heterocycles. The molecule has 0 bridgehead atoms. The Bertz CT molecular complexity index is 1620. The monoisotopic (exact) mass is 564 g/mol. The molecule has 1 N–H and O–H groups in total. The number of ether oxygens (including phenoxy) is 4. The predicted molar refractivity (Wildman–Crippen MR) is 148 cm³/mol. The zero-order valence-corrected chi connectivity index (χ0v) is 22.9. The van der Waals surface area contributed by atoms with Gasteiger partial charge in [0.1, 0.15) is 17.3 Å². The van der Waals surface area contributed by atoms with Crippen molar-refractivity contribution in [3.63, 3.8) is 0 Å². The van der Waals surface area contributed by atoms with Gasteiger partial charge in [0.05, 0.1) is 49.8 Å². The summed E-state index contributed by atoms with van der Waals surface area (Å²) in [7, 11) is 4.35. The van der Waals surface area contributed by atoms with Crippen LogP contribution in [0.3, 0.4) is 0 Å². The zero-order chi connectivity index (χ0) is 28.6. The summed E-state index contributed by atoms with van der Waals surface area (Å²) in [6.45, 7) is 2.36. The second-order valence-electron chi connectivity index (χ2n) is 8.69. The van der Waals surface area contributed by atoms with Crippen LogP contribution < -0.4 is 23.8 Å². The Morgan fingerprint density at radius 3 is 2.27 bits per heavy atom. The molecule has 0 spiro atoms. The van der Waals surface area contributed by atoms with Gasteiger partial charge in [-0.2, -0.15) is 0 Å². The van der Waals surface area contributed by atoms with Crippen LogP contribution in [0.15, 0.2) is 60.2 Å². The first-order valence-electron chi connectivity index (χ1n) is 12.2. The van der Waals surface area contributed by atoms with Crippen LogP contribution in [-0.2, 0) is 9.59 Å². The Labute approximate surface area is 233 Å². The van der Waals surface area contributed by atoms with Gasteiger partial charge in [-0.05, 0) is 67.1 Å². The van der Waals surface area contributed by atoms with Crippen LogP contribution in [0, 0.1) is 5.82 Å². The molecule has 0 radical (unpaired) electrons. The third-order valence-corrected chi connectivity index (χ3v) is 7.45. The van der Waals surface area contributed by atoms with Gasteiger partial charge < -0.3 is 24.1 Å². The first kappa shape index (κ1) is 26.9. The molecule has 11 heteroatoms. The van der Waals surface area contributed by atoms with Gasteiger partial charge in [0.15, 0.2) is 16.6 Å². The number of methoxy groups -OCH3 is 3. The molecule has 9 nitrogen and oxygen atoms in total. The number of Topliss-reactive ketones (excluding diaryl/α,β-unsaturated/α-hetero) is 1. The van der Waals surface area contributed by atoms with E-state index in [9.17, 15) is 19.1 Å². The number of aliphatic hydroxyl groups is 1. The predicted octanol–water partition coefficient (Wildman–Crippen LogP) is 5.49. The van der Waals surface area contributed by atoms with Gasteiger partial charge in [0.25, 0.3) is 5.78 Å². The average molecular weight is 565 g/mol. The summed E-state index contributed by atoms with van der Waals surface area (Å²) in [6.07, 6.45) is 0. The number of hydrogen-bond acceptors (Lipinski definition) is 9. The average Bonchev–Trinajstić information content (AvgIpc) is 3.49. The molecule has 1 fully saturated rings. The number of hydrogen-bond donors (Lipinski definition) is 1. The molecular formula is C29H25FN2O7S. The van der Waals surface area contributed by atoms with Crippen molar-refractivity contribution in [3.05, 3.63) is 77.1 Å². The number of halogens is 1. The fourth-order valence-corrected chi connectivity index (χ4v) is 5.64. The van der Waals surface area contributed by atoms with Crippen LogP contribution in [0.5, 0.6) is 23.0 Å². The molecule has 206 valence electrons. The Kier molecular flexibility index (Phi) is 7.31. The van der Waals surface area contributed by atoms with E-state index in [4.69, 9.17) is 18.9 Å². The maximum atomic E-state index is 13.6. The molecule has 40 heavy (non-hydrogen) atoms. The fraction of sp³-hybridized carbons (Fsp3) is 0.207. The number of thiazole rings is 1. The third-order valence-electron chi connectivity index (χ3n) is 6.43. The number of aliphatic hydroxyl groups excluding tert-OH is 1. The van der Waals surface area contributed by atoms with Crippen molar-refractivity contribution in [1.29, 1.82) is 0 Å². The fourth-order valence-electron chi connectivity index (χ4n) is 4.62. The van der Waals surface area contributed by atoms with Crippen molar-refractivity contribution in [2.24, 2.45) is 0 Å². The lowest BCUT2D eigenvalue weighted by atomic mass is 9.94. The maximum absolute atomic E-state index is 13.6. The molecule has 1 atom stereocenters. The lowest BCUT2D eigenvalue weighted by molar-refractivity contribution is -0.132. The number of carbonyl (C=O) groups is 2. The standard InChI is InChI=1S/C29H25FN2O7S/c1-5-39-18-10-11-19-22(14-18)40-29(31-19)32-24(16-12-20(36-2)27(38-4)21(13-16)37-3)23(26(34)28(32)35)25(33)15-6-8-17(30)9-7-15/h6-14,24,33H,5H2,1-4H3/t24-/m0/s1. The van der Waals surface area contributed by atoms with Crippen LogP contribution in [-0.4, -0.2) is 49.7 Å². The van der Waals surface area contributed by atoms with E-state index in [1.807, 2.05) is 13.0 Å². The second-order valence-corrected chi connectivity index (χ2v) is 9.70. The number of rotatable bonds is 8. The van der Waals surface area contributed by atoms with Gasteiger partial charge in [0, 0.05) is 5.56 Å². The maximum Gasteiger partial charge on any atom is 0.301 e. The van der Waals surface area contributed by atoms with E-state index in [-0.39, 0.29) is 27.8 Å². The molecule has 0 unspecified atom stereocenters. The molecule has 1 aliphatic heterocycles. The summed E-state index contributed by atoms with van der Waals surface area (Å²) >= 11 is 1.20. The smallest absolute Gasteiger partial charge is 0.301 e. The quantitative estimate of drug-likeness (QED) is 0.170. The van der Waals surface area contributed by atoms with Crippen molar-refractivity contribution in [3.8, 4) is 23.0 Å². The minimum atomic E-state index is -1.12. The number of nitrogens with zero attached hydrogens (tertiary/aromatic N) is 2. The van der Waals surface area contributed by atoms with Gasteiger partial charge in [0.2, 0.25) is 5.75 Å². The molecule has 5 rings (SSSR count). The Morgan fingerprint density at radius 2 is 1.68 bits per heavy atom. The van der Waals surface area contributed by atoms with E-state index < -0.39 is 29.3 Å². The Morgan fingerprint density at radius 1 is 1.00 bits per heavy atom. The second kappa shape index (κ2) is 10.9. The van der Waals surface area contributed by atoms with Gasteiger partial charge in [-0.3, -0.25) is 14.5 Å². The number of fused-ring (bicyclic) bond motifs is 1. The van der Waals surface area contributed by atoms with Gasteiger partial charge in [-0.1, -0.05) is 11.3 Å². The largest absolute Gasteiger partial charge is 0.507 e. The number of benzene rings is 3. The highest BCUT2D eigenvalue weighted by Crippen LogP contribution is 2.48. The Hall–Kier alpha value is -4.64. The summed E-state index contributed by atoms with van der Waals surface area (Å²) in [6, 6.07) is 12.4. The van der Waals surface area contributed by atoms with Crippen LogP contribution >= 0.6 is 11.3 Å². The summed E-state index contributed by atoms with van der Waals surface area (Å²) in [5.74, 6) is -1.25. The van der Waals surface area contributed by atoms with Crippen molar-refractivity contribution < 1.29 is 38.0 Å². The summed E-state index contributed by atoms with van der Waals surface area (Å²) < 4.78 is 36.4. The van der Waals surface area contributed by atoms with E-state index in [0.29, 0.717) is 29.2 Å². The molecule has 1 amide bonds. The highest BCUT2D eigenvalue weighted by molar-refractivity contribution is 7.22. The first-order chi connectivity index (χ1) is 19.3. The lowest BCUT2D eigenvalue weighted by Gasteiger charge is -2.24. The van der Waals surface area contributed by atoms with E-state index in [1.54, 1.807) is 24.3 Å². The van der Waals surface area contributed by atoms with E-state index in [1.165, 1.54) is 49.7 Å². The normalized spacial score (nSPS) is 16.4. The van der Waals surface area contributed by atoms with E-state index in [2.05, 4.69) is 4.98 Å². The van der Waals surface area contributed by atoms with Crippen LogP contribution in [0.2, 0.25) is 0 Å². The van der Waals surface area contributed by atoms with Crippen LogP contribution in [0.4, 0.5) is 9.52 Å². The molecular weight excluding hydrogens is 539 g/mol. The third kappa shape index (κ3) is 4.58. The first-order valence-corrected chi connectivity index (χ1v) is 13.0. The number of carbonyl (C=O) groups excluding carboxylic acids is 2. The topological polar surface area (TPSA) is 107 Å². The number of ketones is 1. The van der Waals surface area contributed by atoms with Gasteiger partial charge in [-0.25, -0.2) is 9.37 Å². The van der Waals surface area contributed by atoms with Crippen molar-refractivity contribution in [2.45, 2.75) is 13.0 Å². The molecule has 1 saturated heterocycles. The molecule has 4 aromatic rings.